The van der Waals surface area contributed by atoms with E-state index in [0.29, 0.717) is 5.02 Å². The van der Waals surface area contributed by atoms with E-state index >= 15 is 0 Å². The molecule has 94 valence electrons. The van der Waals surface area contributed by atoms with Crippen LogP contribution in [-0.4, -0.2) is 20.9 Å². The summed E-state index contributed by atoms with van der Waals surface area (Å²) in [5, 5.41) is 13.6. The zero-order valence-electron chi connectivity index (χ0n) is 10.1. The van der Waals surface area contributed by atoms with E-state index in [0.717, 1.165) is 22.4 Å². The summed E-state index contributed by atoms with van der Waals surface area (Å²) in [5.74, 6) is -0.911. The number of aromatic nitrogens is 2. The van der Waals surface area contributed by atoms with Crippen LogP contribution in [0, 0.1) is 13.8 Å². The maximum atomic E-state index is 10.6. The first-order valence-electron chi connectivity index (χ1n) is 5.50. The van der Waals surface area contributed by atoms with E-state index in [4.69, 9.17) is 16.7 Å². The van der Waals surface area contributed by atoms with Crippen LogP contribution in [0.5, 0.6) is 0 Å². The molecule has 0 aliphatic carbocycles. The Bertz CT molecular complexity index is 605. The number of nitrogens with zero attached hydrogens (tertiary/aromatic N) is 2. The Hall–Kier alpha value is -1.81. The van der Waals surface area contributed by atoms with Crippen molar-refractivity contribution >= 4 is 17.6 Å². The van der Waals surface area contributed by atoms with Gasteiger partial charge in [0.05, 0.1) is 5.69 Å². The monoisotopic (exact) mass is 264 g/mol. The molecule has 0 unspecified atom stereocenters. The third kappa shape index (κ3) is 2.54. The predicted octanol–water partition coefficient (Wildman–Crippen LogP) is 2.90. The second-order valence-electron chi connectivity index (χ2n) is 4.18. The lowest BCUT2D eigenvalue weighted by molar-refractivity contribution is -0.137. The molecular formula is C13H13ClN2O2. The van der Waals surface area contributed by atoms with E-state index < -0.39 is 5.97 Å². The summed E-state index contributed by atoms with van der Waals surface area (Å²) in [4.78, 5) is 10.6. The molecule has 1 heterocycles. The van der Waals surface area contributed by atoms with Gasteiger partial charge in [-0.3, -0.25) is 9.48 Å². The second-order valence-corrected chi connectivity index (χ2v) is 4.59. The first kappa shape index (κ1) is 12.6. The molecule has 4 nitrogen and oxygen atoms in total. The molecule has 1 aromatic carbocycles. The molecule has 2 aromatic rings. The molecule has 0 fully saturated rings. The Morgan fingerprint density at radius 3 is 2.78 bits per heavy atom. The molecule has 1 N–H and O–H groups in total. The van der Waals surface area contributed by atoms with Crippen molar-refractivity contribution in [2.75, 3.05) is 0 Å². The highest BCUT2D eigenvalue weighted by molar-refractivity contribution is 6.31. The first-order chi connectivity index (χ1) is 8.47. The normalized spacial score (nSPS) is 10.6. The number of hydrogen-bond acceptors (Lipinski definition) is 2. The predicted molar refractivity (Wildman–Crippen MR) is 69.8 cm³/mol. The first-order valence-corrected chi connectivity index (χ1v) is 5.87. The van der Waals surface area contributed by atoms with Crippen LogP contribution in [-0.2, 0) is 11.3 Å². The maximum Gasteiger partial charge on any atom is 0.325 e. The summed E-state index contributed by atoms with van der Waals surface area (Å²) in [7, 11) is 0. The van der Waals surface area contributed by atoms with Crippen LogP contribution < -0.4 is 0 Å². The number of carboxylic acid groups (broad SMARTS) is 1. The summed E-state index contributed by atoms with van der Waals surface area (Å²) in [6.07, 6.45) is 1.73. The maximum absolute atomic E-state index is 10.6. The van der Waals surface area contributed by atoms with Crippen molar-refractivity contribution < 1.29 is 9.90 Å². The number of halogens is 1. The van der Waals surface area contributed by atoms with Gasteiger partial charge in [0.2, 0.25) is 0 Å². The summed E-state index contributed by atoms with van der Waals surface area (Å²) in [5.41, 5.74) is 3.64. The number of hydrogen-bond donors (Lipinski definition) is 1. The second kappa shape index (κ2) is 4.82. The highest BCUT2D eigenvalue weighted by Gasteiger charge is 2.10. The van der Waals surface area contributed by atoms with Crippen molar-refractivity contribution in [2.24, 2.45) is 0 Å². The molecule has 0 spiro atoms. The van der Waals surface area contributed by atoms with Crippen molar-refractivity contribution in [1.29, 1.82) is 0 Å². The molecule has 0 atom stereocenters. The lowest BCUT2D eigenvalue weighted by Crippen LogP contribution is -2.08. The fourth-order valence-corrected chi connectivity index (χ4v) is 1.96. The Balaban J connectivity index is 2.41. The summed E-state index contributed by atoms with van der Waals surface area (Å²) < 4.78 is 1.42. The molecule has 0 saturated carbocycles. The van der Waals surface area contributed by atoms with Gasteiger partial charge in [0.25, 0.3) is 0 Å². The van der Waals surface area contributed by atoms with Crippen LogP contribution in [0.2, 0.25) is 5.02 Å². The summed E-state index contributed by atoms with van der Waals surface area (Å²) in [6.45, 7) is 3.65. The molecule has 1 aromatic heterocycles. The molecule has 2 rings (SSSR count). The number of carbonyl (C=O) groups is 1. The van der Waals surface area contributed by atoms with Gasteiger partial charge < -0.3 is 5.11 Å². The fraction of sp³-hybridized carbons (Fsp3) is 0.231. The third-order valence-electron chi connectivity index (χ3n) is 2.73. The van der Waals surface area contributed by atoms with E-state index in [-0.39, 0.29) is 6.54 Å². The topological polar surface area (TPSA) is 55.1 Å². The molecule has 5 heteroatoms. The van der Waals surface area contributed by atoms with Crippen molar-refractivity contribution in [3.05, 3.63) is 40.7 Å². The van der Waals surface area contributed by atoms with Crippen LogP contribution in [0.15, 0.2) is 24.4 Å². The molecule has 0 bridgehead atoms. The van der Waals surface area contributed by atoms with E-state index in [1.165, 1.54) is 4.68 Å². The zero-order valence-corrected chi connectivity index (χ0v) is 10.9. The molecule has 0 radical (unpaired) electrons. The largest absolute Gasteiger partial charge is 0.480 e. The van der Waals surface area contributed by atoms with Crippen LogP contribution in [0.3, 0.4) is 0 Å². The average molecular weight is 265 g/mol. The van der Waals surface area contributed by atoms with Gasteiger partial charge in [-0.2, -0.15) is 5.10 Å². The molecule has 0 aliphatic heterocycles. The lowest BCUT2D eigenvalue weighted by atomic mass is 10.1. The molecule has 0 aliphatic rings. The Labute approximate surface area is 110 Å². The van der Waals surface area contributed by atoms with E-state index in [1.54, 1.807) is 6.20 Å². The quantitative estimate of drug-likeness (QED) is 0.927. The van der Waals surface area contributed by atoms with Gasteiger partial charge in [-0.15, -0.1) is 0 Å². The fourth-order valence-electron chi connectivity index (χ4n) is 1.78. The average Bonchev–Trinajstić information content (AvgIpc) is 2.62. The van der Waals surface area contributed by atoms with E-state index in [1.807, 2.05) is 32.0 Å². The molecular weight excluding hydrogens is 252 g/mol. The molecule has 0 saturated heterocycles. The summed E-state index contributed by atoms with van der Waals surface area (Å²) in [6, 6.07) is 5.76. The Kier molecular flexibility index (Phi) is 3.39. The van der Waals surface area contributed by atoms with Crippen molar-refractivity contribution in [3.63, 3.8) is 0 Å². The number of carboxylic acids is 1. The zero-order chi connectivity index (χ0) is 13.3. The van der Waals surface area contributed by atoms with Crippen molar-refractivity contribution in [3.8, 4) is 11.1 Å². The van der Waals surface area contributed by atoms with Crippen molar-refractivity contribution in [2.45, 2.75) is 20.4 Å². The number of aliphatic carboxylic acids is 1. The van der Waals surface area contributed by atoms with Crippen LogP contribution in [0.1, 0.15) is 11.3 Å². The number of aryl methyl sites for hydroxylation is 2. The van der Waals surface area contributed by atoms with Gasteiger partial charge in [-0.1, -0.05) is 23.7 Å². The van der Waals surface area contributed by atoms with Crippen LogP contribution in [0.25, 0.3) is 11.1 Å². The van der Waals surface area contributed by atoms with E-state index in [2.05, 4.69) is 5.10 Å². The number of rotatable bonds is 3. The molecule has 0 amide bonds. The van der Waals surface area contributed by atoms with Gasteiger partial charge in [0.15, 0.2) is 0 Å². The number of benzene rings is 1. The minimum absolute atomic E-state index is 0.138. The summed E-state index contributed by atoms with van der Waals surface area (Å²) >= 11 is 6.09. The third-order valence-corrected chi connectivity index (χ3v) is 3.13. The standard InChI is InChI=1S/C13H13ClN2O2/c1-8-3-4-10(5-12(8)14)11-6-16(7-13(17)18)15-9(11)2/h3-6H,7H2,1-2H3,(H,17,18). The van der Waals surface area contributed by atoms with Gasteiger partial charge in [-0.25, -0.2) is 0 Å². The highest BCUT2D eigenvalue weighted by Crippen LogP contribution is 2.27. The van der Waals surface area contributed by atoms with Crippen LogP contribution >= 0.6 is 11.6 Å². The van der Waals surface area contributed by atoms with Gasteiger partial charge >= 0.3 is 5.97 Å². The minimum Gasteiger partial charge on any atom is -0.480 e. The van der Waals surface area contributed by atoms with Gasteiger partial charge in [0.1, 0.15) is 6.54 Å². The highest BCUT2D eigenvalue weighted by atomic mass is 35.5. The smallest absolute Gasteiger partial charge is 0.325 e. The van der Waals surface area contributed by atoms with Crippen LogP contribution in [0.4, 0.5) is 0 Å². The molecule has 18 heavy (non-hydrogen) atoms. The lowest BCUT2D eigenvalue weighted by Gasteiger charge is -2.02. The van der Waals surface area contributed by atoms with Crippen molar-refractivity contribution in [1.82, 2.24) is 9.78 Å². The Morgan fingerprint density at radius 1 is 1.44 bits per heavy atom. The van der Waals surface area contributed by atoms with Gasteiger partial charge in [-0.05, 0) is 31.0 Å². The van der Waals surface area contributed by atoms with E-state index in [9.17, 15) is 4.79 Å². The Morgan fingerprint density at radius 2 is 2.17 bits per heavy atom. The SMILES string of the molecule is Cc1ccc(-c2cn(CC(=O)O)nc2C)cc1Cl. The minimum atomic E-state index is -0.911. The van der Waals surface area contributed by atoms with Gasteiger partial charge in [0, 0.05) is 16.8 Å².